The van der Waals surface area contributed by atoms with E-state index >= 15 is 0 Å². The summed E-state index contributed by atoms with van der Waals surface area (Å²) in [6, 6.07) is 0. The smallest absolute Gasteiger partial charge is 0.143 e. The number of rotatable bonds is 2. The van der Waals surface area contributed by atoms with Crippen molar-refractivity contribution in [3.8, 4) is 0 Å². The highest BCUT2D eigenvalue weighted by molar-refractivity contribution is 6.33. The zero-order valence-corrected chi connectivity index (χ0v) is 6.89. The third-order valence-electron chi connectivity index (χ3n) is 1.35. The second-order valence-electron chi connectivity index (χ2n) is 2.07. The molecule has 3 N–H and O–H groups in total. The van der Waals surface area contributed by atoms with Crippen molar-refractivity contribution in [2.45, 2.75) is 13.5 Å². The van der Waals surface area contributed by atoms with Crippen LogP contribution >= 0.6 is 11.6 Å². The van der Waals surface area contributed by atoms with Crippen LogP contribution in [0, 0.1) is 5.41 Å². The molecule has 60 valence electrons. The number of nitrogens with zero attached hydrogens (tertiary/aromatic N) is 2. The normalized spacial score (nSPS) is 10.0. The number of halogens is 1. The van der Waals surface area contributed by atoms with Crippen LogP contribution < -0.4 is 5.73 Å². The molecule has 0 atom stereocenters. The van der Waals surface area contributed by atoms with Crippen LogP contribution in [0.25, 0.3) is 0 Å². The Morgan fingerprint density at radius 3 is 2.91 bits per heavy atom. The van der Waals surface area contributed by atoms with Crippen LogP contribution in [-0.4, -0.2) is 15.6 Å². The second-order valence-corrected chi connectivity index (χ2v) is 2.48. The summed E-state index contributed by atoms with van der Waals surface area (Å²) in [4.78, 5) is 0. The molecule has 1 aromatic rings. The molecule has 5 heteroatoms. The Balaban J connectivity index is 3.17. The molecule has 11 heavy (non-hydrogen) atoms. The van der Waals surface area contributed by atoms with Gasteiger partial charge in [-0.25, -0.2) is 0 Å². The van der Waals surface area contributed by atoms with E-state index in [1.807, 2.05) is 6.92 Å². The molecule has 0 bridgehead atoms. The molecule has 0 saturated heterocycles. The average molecular weight is 173 g/mol. The Morgan fingerprint density at radius 2 is 2.55 bits per heavy atom. The van der Waals surface area contributed by atoms with Gasteiger partial charge < -0.3 is 5.73 Å². The van der Waals surface area contributed by atoms with Gasteiger partial charge in [-0.05, 0) is 6.92 Å². The van der Waals surface area contributed by atoms with Crippen LogP contribution in [0.15, 0.2) is 6.20 Å². The van der Waals surface area contributed by atoms with Gasteiger partial charge >= 0.3 is 0 Å². The molecule has 1 heterocycles. The molecular weight excluding hydrogens is 164 g/mol. The minimum atomic E-state index is -0.0469. The van der Waals surface area contributed by atoms with Gasteiger partial charge in [0.25, 0.3) is 0 Å². The predicted molar refractivity (Wildman–Crippen MR) is 43.9 cm³/mol. The van der Waals surface area contributed by atoms with Crippen molar-refractivity contribution in [2.24, 2.45) is 5.73 Å². The topological polar surface area (TPSA) is 67.7 Å². The van der Waals surface area contributed by atoms with Crippen molar-refractivity contribution in [3.05, 3.63) is 16.9 Å². The minimum Gasteiger partial charge on any atom is -0.382 e. The first-order chi connectivity index (χ1) is 5.16. The van der Waals surface area contributed by atoms with E-state index in [1.165, 1.54) is 6.20 Å². The van der Waals surface area contributed by atoms with Gasteiger partial charge in [0.05, 0.1) is 11.2 Å². The number of hydrogen-bond acceptors (Lipinski definition) is 2. The Morgan fingerprint density at radius 1 is 1.91 bits per heavy atom. The number of amidine groups is 1. The standard InChI is InChI=1S/C6H9ClN4/c1-2-11-5(6(8)9)4(7)3-10-11/h3H,2H2,1H3,(H3,8,9). The van der Waals surface area contributed by atoms with Gasteiger partial charge in [0.2, 0.25) is 0 Å². The first kappa shape index (κ1) is 8.07. The predicted octanol–water partition coefficient (Wildman–Crippen LogP) is 0.840. The number of hydrogen-bond donors (Lipinski definition) is 2. The minimum absolute atomic E-state index is 0.0469. The maximum atomic E-state index is 7.17. The van der Waals surface area contributed by atoms with Gasteiger partial charge in [-0.1, -0.05) is 11.6 Å². The highest BCUT2D eigenvalue weighted by atomic mass is 35.5. The van der Waals surface area contributed by atoms with Crippen molar-refractivity contribution in [2.75, 3.05) is 0 Å². The van der Waals surface area contributed by atoms with Gasteiger partial charge in [0.15, 0.2) is 0 Å². The molecule has 0 aliphatic heterocycles. The van der Waals surface area contributed by atoms with Gasteiger partial charge in [-0.15, -0.1) is 0 Å². The fraction of sp³-hybridized carbons (Fsp3) is 0.333. The van der Waals surface area contributed by atoms with Crippen LogP contribution in [0.1, 0.15) is 12.6 Å². The molecule has 0 aromatic carbocycles. The lowest BCUT2D eigenvalue weighted by Crippen LogP contribution is -2.17. The monoisotopic (exact) mass is 172 g/mol. The van der Waals surface area contributed by atoms with E-state index in [1.54, 1.807) is 4.68 Å². The largest absolute Gasteiger partial charge is 0.382 e. The maximum absolute atomic E-state index is 7.17. The summed E-state index contributed by atoms with van der Waals surface area (Å²) in [5.74, 6) is -0.0469. The van der Waals surface area contributed by atoms with E-state index in [0.717, 1.165) is 0 Å². The van der Waals surface area contributed by atoms with E-state index in [9.17, 15) is 0 Å². The fourth-order valence-corrected chi connectivity index (χ4v) is 1.11. The number of aryl methyl sites for hydroxylation is 1. The van der Waals surface area contributed by atoms with Crippen molar-refractivity contribution < 1.29 is 0 Å². The molecule has 0 aliphatic rings. The van der Waals surface area contributed by atoms with Crippen molar-refractivity contribution >= 4 is 17.4 Å². The van der Waals surface area contributed by atoms with Crippen molar-refractivity contribution in [1.82, 2.24) is 9.78 Å². The molecule has 0 fully saturated rings. The third-order valence-corrected chi connectivity index (χ3v) is 1.63. The average Bonchev–Trinajstić information content (AvgIpc) is 2.30. The molecule has 1 rings (SSSR count). The molecule has 0 radical (unpaired) electrons. The summed E-state index contributed by atoms with van der Waals surface area (Å²) in [6.07, 6.45) is 1.49. The molecule has 0 amide bonds. The lowest BCUT2D eigenvalue weighted by molar-refractivity contribution is 0.653. The molecule has 0 aliphatic carbocycles. The van der Waals surface area contributed by atoms with E-state index < -0.39 is 0 Å². The molecule has 0 unspecified atom stereocenters. The molecule has 4 nitrogen and oxygen atoms in total. The van der Waals surface area contributed by atoms with E-state index in [0.29, 0.717) is 17.3 Å². The van der Waals surface area contributed by atoms with Crippen LogP contribution in [0.3, 0.4) is 0 Å². The number of nitrogen functional groups attached to an aromatic ring is 1. The summed E-state index contributed by atoms with van der Waals surface area (Å²) >= 11 is 5.71. The zero-order valence-electron chi connectivity index (χ0n) is 6.13. The summed E-state index contributed by atoms with van der Waals surface area (Å²) in [5.41, 5.74) is 5.77. The lowest BCUT2D eigenvalue weighted by atomic mass is 10.4. The number of aromatic nitrogens is 2. The number of nitrogens with one attached hydrogen (secondary N) is 1. The first-order valence-electron chi connectivity index (χ1n) is 3.22. The SMILES string of the molecule is CCn1ncc(Cl)c1C(=N)N. The molecular formula is C6H9ClN4. The summed E-state index contributed by atoms with van der Waals surface area (Å²) in [7, 11) is 0. The third kappa shape index (κ3) is 1.35. The summed E-state index contributed by atoms with van der Waals surface area (Å²) in [5, 5.41) is 11.5. The van der Waals surface area contributed by atoms with Gasteiger partial charge in [-0.3, -0.25) is 10.1 Å². The van der Waals surface area contributed by atoms with Gasteiger partial charge in [-0.2, -0.15) is 5.10 Å². The zero-order chi connectivity index (χ0) is 8.43. The summed E-state index contributed by atoms with van der Waals surface area (Å²) in [6.45, 7) is 2.58. The maximum Gasteiger partial charge on any atom is 0.143 e. The molecule has 0 saturated carbocycles. The van der Waals surface area contributed by atoms with Gasteiger partial charge in [0, 0.05) is 6.54 Å². The van der Waals surface area contributed by atoms with E-state index in [-0.39, 0.29) is 5.84 Å². The Labute approximate surface area is 69.5 Å². The van der Waals surface area contributed by atoms with Crippen LogP contribution in [0.5, 0.6) is 0 Å². The first-order valence-corrected chi connectivity index (χ1v) is 3.60. The quantitative estimate of drug-likeness (QED) is 0.513. The fourth-order valence-electron chi connectivity index (χ4n) is 0.870. The highest BCUT2D eigenvalue weighted by Crippen LogP contribution is 2.13. The van der Waals surface area contributed by atoms with Crippen LogP contribution in [-0.2, 0) is 6.54 Å². The van der Waals surface area contributed by atoms with Crippen LogP contribution in [0.4, 0.5) is 0 Å². The Hall–Kier alpha value is -1.03. The second kappa shape index (κ2) is 2.92. The van der Waals surface area contributed by atoms with E-state index in [4.69, 9.17) is 22.7 Å². The van der Waals surface area contributed by atoms with Crippen molar-refractivity contribution in [1.29, 1.82) is 5.41 Å². The van der Waals surface area contributed by atoms with Crippen molar-refractivity contribution in [3.63, 3.8) is 0 Å². The van der Waals surface area contributed by atoms with Gasteiger partial charge in [0.1, 0.15) is 11.5 Å². The Kier molecular flexibility index (Phi) is 2.14. The Bertz CT molecular complexity index is 278. The van der Waals surface area contributed by atoms with Crippen LogP contribution in [0.2, 0.25) is 5.02 Å². The highest BCUT2D eigenvalue weighted by Gasteiger charge is 2.09. The number of nitrogens with two attached hydrogens (primary N) is 1. The lowest BCUT2D eigenvalue weighted by Gasteiger charge is -2.01. The summed E-state index contributed by atoms with van der Waals surface area (Å²) < 4.78 is 1.59. The van der Waals surface area contributed by atoms with E-state index in [2.05, 4.69) is 5.10 Å². The molecule has 1 aromatic heterocycles. The molecule has 0 spiro atoms.